The number of rotatable bonds is 4. The van der Waals surface area contributed by atoms with Gasteiger partial charge in [0.2, 0.25) is 10.0 Å². The van der Waals surface area contributed by atoms with Gasteiger partial charge >= 0.3 is 0 Å². The molecule has 0 aliphatic heterocycles. The number of hydrogen-bond acceptors (Lipinski definition) is 4. The maximum absolute atomic E-state index is 12.3. The van der Waals surface area contributed by atoms with Crippen LogP contribution in [-0.2, 0) is 10.0 Å². The minimum Gasteiger partial charge on any atom is -0.324 e. The Kier molecular flexibility index (Phi) is 4.72. The Hall–Kier alpha value is 0.0500. The molecule has 1 aromatic heterocycles. The molecule has 1 aliphatic carbocycles. The standard InChI is InChI=1S/C12H19BrN2O2S2/c1-9-10(7-11(13)18-9)19(16,17)15-8-12(14)5-3-2-4-6-12/h7,15H,2-6,8,14H2,1H3. The molecule has 0 radical (unpaired) electrons. The van der Waals surface area contributed by atoms with E-state index in [0.717, 1.165) is 34.3 Å². The average Bonchev–Trinajstić information content (AvgIpc) is 2.68. The molecule has 108 valence electrons. The molecule has 1 aromatic rings. The van der Waals surface area contributed by atoms with Gasteiger partial charge in [-0.15, -0.1) is 11.3 Å². The van der Waals surface area contributed by atoms with Gasteiger partial charge in [0.15, 0.2) is 0 Å². The van der Waals surface area contributed by atoms with Gasteiger partial charge in [-0.05, 0) is 41.8 Å². The number of aryl methyl sites for hydroxylation is 1. The molecular weight excluding hydrogens is 348 g/mol. The first-order valence-corrected chi connectivity index (χ1v) is 9.46. The molecule has 1 fully saturated rings. The summed E-state index contributed by atoms with van der Waals surface area (Å²) in [6.07, 6.45) is 5.15. The quantitative estimate of drug-likeness (QED) is 0.860. The zero-order chi connectivity index (χ0) is 14.1. The first kappa shape index (κ1) is 15.4. The van der Waals surface area contributed by atoms with E-state index in [0.29, 0.717) is 11.4 Å². The Balaban J connectivity index is 2.07. The summed E-state index contributed by atoms with van der Waals surface area (Å²) >= 11 is 4.74. The largest absolute Gasteiger partial charge is 0.324 e. The van der Waals surface area contributed by atoms with Crippen molar-refractivity contribution in [3.63, 3.8) is 0 Å². The van der Waals surface area contributed by atoms with Gasteiger partial charge in [-0.3, -0.25) is 0 Å². The van der Waals surface area contributed by atoms with Crippen LogP contribution in [0, 0.1) is 6.92 Å². The van der Waals surface area contributed by atoms with Gasteiger partial charge in [0.05, 0.1) is 8.68 Å². The molecule has 0 bridgehead atoms. The zero-order valence-corrected chi connectivity index (χ0v) is 14.1. The van der Waals surface area contributed by atoms with Crippen molar-refractivity contribution < 1.29 is 8.42 Å². The van der Waals surface area contributed by atoms with Gasteiger partial charge in [-0.2, -0.15) is 0 Å². The van der Waals surface area contributed by atoms with Crippen molar-refractivity contribution in [2.75, 3.05) is 6.54 Å². The third-order valence-electron chi connectivity index (χ3n) is 3.60. The summed E-state index contributed by atoms with van der Waals surface area (Å²) in [6, 6.07) is 1.65. The topological polar surface area (TPSA) is 72.2 Å². The number of nitrogens with two attached hydrogens (primary N) is 1. The monoisotopic (exact) mass is 366 g/mol. The molecule has 1 saturated carbocycles. The fraction of sp³-hybridized carbons (Fsp3) is 0.667. The Morgan fingerprint density at radius 3 is 2.58 bits per heavy atom. The molecule has 3 N–H and O–H groups in total. The fourth-order valence-corrected chi connectivity index (χ4v) is 6.00. The van der Waals surface area contributed by atoms with E-state index < -0.39 is 10.0 Å². The maximum atomic E-state index is 12.3. The molecule has 0 amide bonds. The fourth-order valence-electron chi connectivity index (χ4n) is 2.45. The van der Waals surface area contributed by atoms with E-state index in [1.807, 2.05) is 6.92 Å². The SMILES string of the molecule is Cc1sc(Br)cc1S(=O)(=O)NCC1(N)CCCCC1. The van der Waals surface area contributed by atoms with Gasteiger partial charge in [-0.1, -0.05) is 19.3 Å². The zero-order valence-electron chi connectivity index (χ0n) is 10.9. The summed E-state index contributed by atoms with van der Waals surface area (Å²) in [5.41, 5.74) is 5.87. The highest BCUT2D eigenvalue weighted by Crippen LogP contribution is 2.30. The molecule has 0 unspecified atom stereocenters. The van der Waals surface area contributed by atoms with Crippen molar-refractivity contribution in [2.24, 2.45) is 5.73 Å². The molecule has 7 heteroatoms. The van der Waals surface area contributed by atoms with Gasteiger partial charge in [0.1, 0.15) is 0 Å². The lowest BCUT2D eigenvalue weighted by atomic mass is 9.83. The van der Waals surface area contributed by atoms with Gasteiger partial charge in [0, 0.05) is 17.0 Å². The Bertz CT molecular complexity index is 548. The van der Waals surface area contributed by atoms with E-state index in [-0.39, 0.29) is 5.54 Å². The first-order chi connectivity index (χ1) is 8.82. The molecule has 19 heavy (non-hydrogen) atoms. The lowest BCUT2D eigenvalue weighted by Gasteiger charge is -2.33. The summed E-state index contributed by atoms with van der Waals surface area (Å²) in [5.74, 6) is 0. The van der Waals surface area contributed by atoms with E-state index in [1.54, 1.807) is 6.07 Å². The molecule has 0 saturated heterocycles. The van der Waals surface area contributed by atoms with E-state index in [2.05, 4.69) is 20.7 Å². The normalized spacial score (nSPS) is 19.5. The van der Waals surface area contributed by atoms with Gasteiger partial charge in [-0.25, -0.2) is 13.1 Å². The third kappa shape index (κ3) is 3.78. The second kappa shape index (κ2) is 5.81. The highest BCUT2D eigenvalue weighted by molar-refractivity contribution is 9.11. The Morgan fingerprint density at radius 2 is 2.05 bits per heavy atom. The second-order valence-electron chi connectivity index (χ2n) is 5.22. The predicted octanol–water partition coefficient (Wildman–Crippen LogP) is 2.76. The third-order valence-corrected chi connectivity index (χ3v) is 6.81. The predicted molar refractivity (Wildman–Crippen MR) is 81.9 cm³/mol. The molecule has 4 nitrogen and oxygen atoms in total. The number of hydrogen-bond donors (Lipinski definition) is 2. The Labute approximate surface area is 127 Å². The average molecular weight is 367 g/mol. The number of nitrogens with one attached hydrogen (secondary N) is 1. The van der Waals surface area contributed by atoms with Crippen LogP contribution in [0.5, 0.6) is 0 Å². The van der Waals surface area contributed by atoms with Crippen LogP contribution in [0.3, 0.4) is 0 Å². The van der Waals surface area contributed by atoms with Gasteiger partial charge < -0.3 is 5.73 Å². The molecule has 0 atom stereocenters. The van der Waals surface area contributed by atoms with Crippen LogP contribution in [0.2, 0.25) is 0 Å². The summed E-state index contributed by atoms with van der Waals surface area (Å²) in [7, 11) is -3.46. The van der Waals surface area contributed by atoms with Crippen LogP contribution in [0.1, 0.15) is 37.0 Å². The van der Waals surface area contributed by atoms with Crippen LogP contribution in [-0.4, -0.2) is 20.5 Å². The van der Waals surface area contributed by atoms with Crippen LogP contribution in [0.25, 0.3) is 0 Å². The van der Waals surface area contributed by atoms with E-state index >= 15 is 0 Å². The van der Waals surface area contributed by atoms with Crippen LogP contribution < -0.4 is 10.5 Å². The van der Waals surface area contributed by atoms with Crippen molar-refractivity contribution in [1.82, 2.24) is 4.72 Å². The van der Waals surface area contributed by atoms with Crippen molar-refractivity contribution in [1.29, 1.82) is 0 Å². The second-order valence-corrected chi connectivity index (χ2v) is 9.59. The molecule has 2 rings (SSSR count). The van der Waals surface area contributed by atoms with Gasteiger partial charge in [0.25, 0.3) is 0 Å². The minimum atomic E-state index is -3.46. The highest BCUT2D eigenvalue weighted by atomic mass is 79.9. The van der Waals surface area contributed by atoms with E-state index in [9.17, 15) is 8.42 Å². The van der Waals surface area contributed by atoms with Crippen LogP contribution >= 0.6 is 27.3 Å². The lowest BCUT2D eigenvalue weighted by Crippen LogP contribution is -2.51. The van der Waals surface area contributed by atoms with Crippen molar-refractivity contribution in [3.05, 3.63) is 14.7 Å². The summed E-state index contributed by atoms with van der Waals surface area (Å²) < 4.78 is 28.0. The van der Waals surface area contributed by atoms with Crippen molar-refractivity contribution in [3.8, 4) is 0 Å². The summed E-state index contributed by atoms with van der Waals surface area (Å²) in [6.45, 7) is 2.13. The Morgan fingerprint density at radius 1 is 1.42 bits per heavy atom. The van der Waals surface area contributed by atoms with E-state index in [4.69, 9.17) is 5.73 Å². The van der Waals surface area contributed by atoms with Crippen LogP contribution in [0.15, 0.2) is 14.7 Å². The van der Waals surface area contributed by atoms with Crippen molar-refractivity contribution in [2.45, 2.75) is 49.5 Å². The number of thiophene rings is 1. The molecule has 1 heterocycles. The summed E-state index contributed by atoms with van der Waals surface area (Å²) in [5, 5.41) is 0. The maximum Gasteiger partial charge on any atom is 0.241 e. The lowest BCUT2D eigenvalue weighted by molar-refractivity contribution is 0.296. The number of halogens is 1. The van der Waals surface area contributed by atoms with Crippen molar-refractivity contribution >= 4 is 37.3 Å². The highest BCUT2D eigenvalue weighted by Gasteiger charge is 2.30. The smallest absolute Gasteiger partial charge is 0.241 e. The van der Waals surface area contributed by atoms with Crippen LogP contribution in [0.4, 0.5) is 0 Å². The number of sulfonamides is 1. The van der Waals surface area contributed by atoms with E-state index in [1.165, 1.54) is 17.8 Å². The molecule has 0 spiro atoms. The molecular formula is C12H19BrN2O2S2. The minimum absolute atomic E-state index is 0.322. The first-order valence-electron chi connectivity index (χ1n) is 6.37. The molecule has 1 aliphatic rings. The summed E-state index contributed by atoms with van der Waals surface area (Å²) in [4.78, 5) is 1.14. The molecule has 0 aromatic carbocycles.